The molecule has 1 N–H and O–H groups in total. The number of aliphatic carboxylic acids is 1. The maximum atomic E-state index is 11.2. The lowest BCUT2D eigenvalue weighted by atomic mass is 9.98. The predicted molar refractivity (Wildman–Crippen MR) is 80.2 cm³/mol. The van der Waals surface area contributed by atoms with Gasteiger partial charge in [0.05, 0.1) is 11.6 Å². The fourth-order valence-electron chi connectivity index (χ4n) is 1.99. The number of carboxylic acid groups (broad SMARTS) is 1. The molecule has 2 aromatic carbocycles. The van der Waals surface area contributed by atoms with Crippen LogP contribution in [0.5, 0.6) is 0 Å². The molecule has 2 aromatic rings. The number of nitrogens with zero attached hydrogens (tertiary/aromatic N) is 2. The van der Waals surface area contributed by atoms with Crippen molar-refractivity contribution >= 4 is 17.7 Å². The molecule has 0 fully saturated rings. The van der Waals surface area contributed by atoms with E-state index < -0.39 is 11.2 Å². The summed E-state index contributed by atoms with van der Waals surface area (Å²) in [6.07, 6.45) is 0. The SMILES string of the molecule is N#CSC(C(=O)O)c1ccc(-c2ccccc2)cc1C#N. The minimum atomic E-state index is -1.13. The van der Waals surface area contributed by atoms with Crippen LogP contribution < -0.4 is 0 Å². The highest BCUT2D eigenvalue weighted by atomic mass is 32.2. The fraction of sp³-hybridized carbons (Fsp3) is 0.0625. The number of hydrogen-bond acceptors (Lipinski definition) is 4. The molecule has 5 heteroatoms. The Kier molecular flexibility index (Phi) is 4.61. The van der Waals surface area contributed by atoms with E-state index in [1.165, 1.54) is 0 Å². The van der Waals surface area contributed by atoms with Crippen LogP contribution in [-0.4, -0.2) is 11.1 Å². The number of thiocyanates is 1. The molecule has 0 amide bonds. The Morgan fingerprint density at radius 1 is 1.10 bits per heavy atom. The van der Waals surface area contributed by atoms with Crippen molar-refractivity contribution in [2.24, 2.45) is 0 Å². The number of benzene rings is 2. The molecule has 102 valence electrons. The average molecular weight is 294 g/mol. The van der Waals surface area contributed by atoms with Crippen LogP contribution in [0.2, 0.25) is 0 Å². The van der Waals surface area contributed by atoms with Gasteiger partial charge in [-0.05, 0) is 34.5 Å². The largest absolute Gasteiger partial charge is 0.480 e. The second-order valence-corrected chi connectivity index (χ2v) is 5.10. The van der Waals surface area contributed by atoms with Crippen LogP contribution in [0.15, 0.2) is 48.5 Å². The molecule has 0 spiro atoms. The smallest absolute Gasteiger partial charge is 0.322 e. The van der Waals surface area contributed by atoms with Crippen molar-refractivity contribution in [1.29, 1.82) is 10.5 Å². The zero-order valence-electron chi connectivity index (χ0n) is 10.9. The Morgan fingerprint density at radius 3 is 2.38 bits per heavy atom. The lowest BCUT2D eigenvalue weighted by Crippen LogP contribution is -2.09. The number of rotatable bonds is 4. The molecular formula is C16H10N2O2S. The van der Waals surface area contributed by atoms with E-state index in [1.54, 1.807) is 23.6 Å². The summed E-state index contributed by atoms with van der Waals surface area (Å²) in [5.74, 6) is -1.13. The van der Waals surface area contributed by atoms with Crippen molar-refractivity contribution in [2.45, 2.75) is 5.25 Å². The summed E-state index contributed by atoms with van der Waals surface area (Å²) in [5, 5.41) is 27.9. The van der Waals surface area contributed by atoms with E-state index in [9.17, 15) is 15.2 Å². The van der Waals surface area contributed by atoms with E-state index >= 15 is 0 Å². The standard InChI is InChI=1S/C16H10N2O2S/c17-9-13-8-12(11-4-2-1-3-5-11)6-7-14(13)15(16(19)20)21-10-18/h1-8,15H,(H,19,20). The highest BCUT2D eigenvalue weighted by Gasteiger charge is 2.24. The second kappa shape index (κ2) is 6.60. The Labute approximate surface area is 126 Å². The number of hydrogen-bond donors (Lipinski definition) is 1. The van der Waals surface area contributed by atoms with Gasteiger partial charge in [0.1, 0.15) is 10.7 Å². The molecule has 1 unspecified atom stereocenters. The van der Waals surface area contributed by atoms with Gasteiger partial charge in [-0.2, -0.15) is 10.5 Å². The maximum Gasteiger partial charge on any atom is 0.322 e. The molecule has 0 aromatic heterocycles. The maximum absolute atomic E-state index is 11.2. The van der Waals surface area contributed by atoms with Gasteiger partial charge in [-0.1, -0.05) is 42.5 Å². The van der Waals surface area contributed by atoms with Crippen LogP contribution in [-0.2, 0) is 4.79 Å². The molecule has 0 saturated heterocycles. The zero-order valence-corrected chi connectivity index (χ0v) is 11.7. The Balaban J connectivity index is 2.49. The highest BCUT2D eigenvalue weighted by Crippen LogP contribution is 2.33. The monoisotopic (exact) mass is 294 g/mol. The Morgan fingerprint density at radius 2 is 1.81 bits per heavy atom. The zero-order chi connectivity index (χ0) is 15.2. The van der Waals surface area contributed by atoms with Gasteiger partial charge in [-0.15, -0.1) is 0 Å². The summed E-state index contributed by atoms with van der Waals surface area (Å²) >= 11 is 0.624. The minimum Gasteiger partial charge on any atom is -0.480 e. The van der Waals surface area contributed by atoms with Crippen molar-refractivity contribution < 1.29 is 9.90 Å². The van der Waals surface area contributed by atoms with E-state index in [4.69, 9.17) is 5.26 Å². The van der Waals surface area contributed by atoms with Gasteiger partial charge in [0, 0.05) is 0 Å². The lowest BCUT2D eigenvalue weighted by Gasteiger charge is -2.11. The van der Waals surface area contributed by atoms with Gasteiger partial charge < -0.3 is 5.11 Å². The van der Waals surface area contributed by atoms with E-state index in [0.29, 0.717) is 17.3 Å². The molecule has 4 nitrogen and oxygen atoms in total. The summed E-state index contributed by atoms with van der Waals surface area (Å²) < 4.78 is 0. The van der Waals surface area contributed by atoms with E-state index in [1.807, 2.05) is 36.4 Å². The first-order chi connectivity index (χ1) is 10.2. The summed E-state index contributed by atoms with van der Waals surface area (Å²) in [7, 11) is 0. The van der Waals surface area contributed by atoms with Crippen LogP contribution in [0.4, 0.5) is 0 Å². The minimum absolute atomic E-state index is 0.270. The summed E-state index contributed by atoms with van der Waals surface area (Å²) in [6.45, 7) is 0. The number of carboxylic acids is 1. The normalized spacial score (nSPS) is 11.1. The Hall–Kier alpha value is -2.76. The molecule has 0 bridgehead atoms. The molecule has 0 aliphatic carbocycles. The van der Waals surface area contributed by atoms with Gasteiger partial charge in [-0.25, -0.2) is 0 Å². The number of carbonyl (C=O) groups is 1. The van der Waals surface area contributed by atoms with Crippen LogP contribution in [0.3, 0.4) is 0 Å². The van der Waals surface area contributed by atoms with Crippen molar-refractivity contribution in [1.82, 2.24) is 0 Å². The molecule has 0 aliphatic heterocycles. The first-order valence-electron chi connectivity index (χ1n) is 6.04. The van der Waals surface area contributed by atoms with Gasteiger partial charge >= 0.3 is 5.97 Å². The average Bonchev–Trinajstić information content (AvgIpc) is 2.52. The van der Waals surface area contributed by atoms with Gasteiger partial charge in [0.25, 0.3) is 0 Å². The molecule has 0 radical (unpaired) electrons. The summed E-state index contributed by atoms with van der Waals surface area (Å²) in [4.78, 5) is 11.2. The molecule has 0 aliphatic rings. The van der Waals surface area contributed by atoms with Gasteiger partial charge in [0.15, 0.2) is 0 Å². The predicted octanol–water partition coefficient (Wildman–Crippen LogP) is 3.57. The third-order valence-electron chi connectivity index (χ3n) is 2.96. The van der Waals surface area contributed by atoms with E-state index in [0.717, 1.165) is 11.1 Å². The van der Waals surface area contributed by atoms with Gasteiger partial charge in [0.2, 0.25) is 0 Å². The molecule has 2 rings (SSSR count). The molecule has 0 saturated carbocycles. The number of thioether (sulfide) groups is 1. The van der Waals surface area contributed by atoms with E-state index in [2.05, 4.69) is 0 Å². The molecule has 21 heavy (non-hydrogen) atoms. The van der Waals surface area contributed by atoms with Crippen LogP contribution in [0.1, 0.15) is 16.4 Å². The second-order valence-electron chi connectivity index (χ2n) is 4.21. The van der Waals surface area contributed by atoms with Gasteiger partial charge in [-0.3, -0.25) is 4.79 Å². The third kappa shape index (κ3) is 3.22. The first-order valence-corrected chi connectivity index (χ1v) is 6.92. The summed E-state index contributed by atoms with van der Waals surface area (Å²) in [5.41, 5.74) is 2.39. The molecular weight excluding hydrogens is 284 g/mol. The van der Waals surface area contributed by atoms with Crippen molar-refractivity contribution in [3.8, 4) is 22.6 Å². The quantitative estimate of drug-likeness (QED) is 0.871. The Bertz CT molecular complexity index is 745. The van der Waals surface area contributed by atoms with Crippen LogP contribution in [0, 0.1) is 22.0 Å². The highest BCUT2D eigenvalue weighted by molar-refractivity contribution is 8.04. The fourth-order valence-corrected chi connectivity index (χ4v) is 2.53. The first kappa shape index (κ1) is 14.6. The lowest BCUT2D eigenvalue weighted by molar-refractivity contribution is -0.136. The van der Waals surface area contributed by atoms with E-state index in [-0.39, 0.29) is 5.56 Å². The van der Waals surface area contributed by atoms with Crippen LogP contribution in [0.25, 0.3) is 11.1 Å². The van der Waals surface area contributed by atoms with Crippen molar-refractivity contribution in [2.75, 3.05) is 0 Å². The molecule has 1 atom stereocenters. The van der Waals surface area contributed by atoms with Crippen LogP contribution >= 0.6 is 11.8 Å². The van der Waals surface area contributed by atoms with Crippen molar-refractivity contribution in [3.05, 3.63) is 59.7 Å². The third-order valence-corrected chi connectivity index (χ3v) is 3.75. The van der Waals surface area contributed by atoms with Crippen molar-refractivity contribution in [3.63, 3.8) is 0 Å². The summed E-state index contributed by atoms with van der Waals surface area (Å²) in [6, 6.07) is 16.5. The number of nitriles is 2. The molecule has 0 heterocycles. The topological polar surface area (TPSA) is 84.9 Å².